The molecule has 0 bridgehead atoms. The third-order valence-corrected chi connectivity index (χ3v) is 3.82. The van der Waals surface area contributed by atoms with Crippen LogP contribution in [-0.2, 0) is 5.41 Å². The number of ether oxygens (including phenoxy) is 2. The van der Waals surface area contributed by atoms with E-state index >= 15 is 0 Å². The summed E-state index contributed by atoms with van der Waals surface area (Å²) in [5.74, 6) is 1.68. The van der Waals surface area contributed by atoms with Gasteiger partial charge in [0.1, 0.15) is 18.1 Å². The maximum absolute atomic E-state index is 8.79. The van der Waals surface area contributed by atoms with Gasteiger partial charge in [-0.1, -0.05) is 38.1 Å². The Morgan fingerprint density at radius 2 is 1.27 bits per heavy atom. The zero-order valence-electron chi connectivity index (χ0n) is 13.5. The largest absolute Gasteiger partial charge is 0.494 e. The van der Waals surface area contributed by atoms with Gasteiger partial charge in [-0.2, -0.15) is 0 Å². The molecule has 2 aromatic rings. The molecule has 2 aromatic carbocycles. The molecule has 0 spiro atoms. The molecule has 0 aromatic heterocycles. The van der Waals surface area contributed by atoms with Crippen LogP contribution < -0.4 is 9.47 Å². The lowest BCUT2D eigenvalue weighted by molar-refractivity contribution is 0.201. The number of hydrogen-bond acceptors (Lipinski definition) is 3. The molecule has 0 amide bonds. The van der Waals surface area contributed by atoms with Crippen molar-refractivity contribution in [3.8, 4) is 11.5 Å². The van der Waals surface area contributed by atoms with Gasteiger partial charge in [0.05, 0.1) is 13.2 Å². The van der Waals surface area contributed by atoms with E-state index in [1.165, 1.54) is 11.1 Å². The Morgan fingerprint density at radius 3 is 1.68 bits per heavy atom. The van der Waals surface area contributed by atoms with E-state index in [-0.39, 0.29) is 12.0 Å². The Labute approximate surface area is 132 Å². The third-order valence-electron chi connectivity index (χ3n) is 3.82. The second-order valence-electron chi connectivity index (χ2n) is 5.68. The lowest BCUT2D eigenvalue weighted by atomic mass is 9.78. The first-order chi connectivity index (χ1) is 10.6. The fraction of sp³-hybridized carbons (Fsp3) is 0.368. The van der Waals surface area contributed by atoms with Crippen LogP contribution in [0.25, 0.3) is 0 Å². The van der Waals surface area contributed by atoms with Crippen molar-refractivity contribution in [1.29, 1.82) is 0 Å². The number of aliphatic hydroxyl groups is 1. The van der Waals surface area contributed by atoms with Gasteiger partial charge in [-0.15, -0.1) is 0 Å². The second kappa shape index (κ2) is 7.32. The molecule has 0 saturated carbocycles. The van der Waals surface area contributed by atoms with Crippen molar-refractivity contribution in [1.82, 2.24) is 0 Å². The first kappa shape index (κ1) is 16.4. The average molecular weight is 300 g/mol. The van der Waals surface area contributed by atoms with Crippen molar-refractivity contribution in [2.75, 3.05) is 19.8 Å². The molecule has 118 valence electrons. The second-order valence-corrected chi connectivity index (χ2v) is 5.68. The van der Waals surface area contributed by atoms with Crippen LogP contribution in [-0.4, -0.2) is 24.9 Å². The van der Waals surface area contributed by atoms with E-state index in [1.54, 1.807) is 0 Å². The molecule has 0 aliphatic rings. The van der Waals surface area contributed by atoms with Gasteiger partial charge in [0.25, 0.3) is 0 Å². The minimum atomic E-state index is -0.0970. The van der Waals surface area contributed by atoms with Crippen LogP contribution in [0.5, 0.6) is 11.5 Å². The molecule has 0 saturated heterocycles. The van der Waals surface area contributed by atoms with Crippen LogP contribution in [0.15, 0.2) is 48.5 Å². The SMILES string of the molecule is CCOc1ccc(C(C)(C)c2ccc(OCCO)cc2)cc1. The highest BCUT2D eigenvalue weighted by molar-refractivity contribution is 5.41. The zero-order valence-corrected chi connectivity index (χ0v) is 13.5. The van der Waals surface area contributed by atoms with Gasteiger partial charge in [0.15, 0.2) is 0 Å². The van der Waals surface area contributed by atoms with Gasteiger partial charge in [-0.05, 0) is 42.3 Å². The van der Waals surface area contributed by atoms with Crippen molar-refractivity contribution >= 4 is 0 Å². The fourth-order valence-electron chi connectivity index (χ4n) is 2.43. The van der Waals surface area contributed by atoms with Crippen molar-refractivity contribution < 1.29 is 14.6 Å². The molecule has 0 fully saturated rings. The number of rotatable bonds is 7. The highest BCUT2D eigenvalue weighted by Crippen LogP contribution is 2.33. The number of hydrogen-bond donors (Lipinski definition) is 1. The Bertz CT molecular complexity index is 571. The van der Waals surface area contributed by atoms with Gasteiger partial charge in [-0.25, -0.2) is 0 Å². The zero-order chi connectivity index (χ0) is 16.0. The van der Waals surface area contributed by atoms with Crippen LogP contribution in [0, 0.1) is 0 Å². The molecule has 0 aliphatic carbocycles. The summed E-state index contributed by atoms with van der Waals surface area (Å²) < 4.78 is 10.9. The maximum atomic E-state index is 8.79. The van der Waals surface area contributed by atoms with Crippen LogP contribution in [0.3, 0.4) is 0 Å². The molecular formula is C19H24O3. The molecule has 0 heterocycles. The average Bonchev–Trinajstić information content (AvgIpc) is 2.54. The molecule has 1 N–H and O–H groups in total. The normalized spacial score (nSPS) is 11.3. The molecule has 22 heavy (non-hydrogen) atoms. The quantitative estimate of drug-likeness (QED) is 0.845. The smallest absolute Gasteiger partial charge is 0.119 e. The summed E-state index contributed by atoms with van der Waals surface area (Å²) in [4.78, 5) is 0. The third kappa shape index (κ3) is 3.80. The van der Waals surface area contributed by atoms with Crippen LogP contribution >= 0.6 is 0 Å². The monoisotopic (exact) mass is 300 g/mol. The molecule has 2 rings (SSSR count). The van der Waals surface area contributed by atoms with Crippen LogP contribution in [0.2, 0.25) is 0 Å². The van der Waals surface area contributed by atoms with Crippen LogP contribution in [0.1, 0.15) is 31.9 Å². The summed E-state index contributed by atoms with van der Waals surface area (Å²) in [6.45, 7) is 7.41. The van der Waals surface area contributed by atoms with Crippen molar-refractivity contribution in [2.24, 2.45) is 0 Å². The Kier molecular flexibility index (Phi) is 5.45. The van der Waals surface area contributed by atoms with E-state index in [9.17, 15) is 0 Å². The Hall–Kier alpha value is -2.00. The molecule has 0 atom stereocenters. The van der Waals surface area contributed by atoms with E-state index < -0.39 is 0 Å². The molecular weight excluding hydrogens is 276 g/mol. The summed E-state index contributed by atoms with van der Waals surface area (Å²) in [5, 5.41) is 8.79. The molecule has 0 aliphatic heterocycles. The lowest BCUT2D eigenvalue weighted by Crippen LogP contribution is -2.18. The molecule has 3 heteroatoms. The summed E-state index contributed by atoms with van der Waals surface area (Å²) in [6, 6.07) is 16.3. The minimum absolute atomic E-state index is 0.0272. The number of benzene rings is 2. The van der Waals surface area contributed by atoms with E-state index in [1.807, 2.05) is 31.2 Å². The molecule has 3 nitrogen and oxygen atoms in total. The van der Waals surface area contributed by atoms with Crippen LogP contribution in [0.4, 0.5) is 0 Å². The predicted molar refractivity (Wildman–Crippen MR) is 88.8 cm³/mol. The maximum Gasteiger partial charge on any atom is 0.119 e. The van der Waals surface area contributed by atoms with Crippen molar-refractivity contribution in [2.45, 2.75) is 26.2 Å². The summed E-state index contributed by atoms with van der Waals surface area (Å²) in [6.07, 6.45) is 0. The van der Waals surface area contributed by atoms with E-state index in [2.05, 4.69) is 38.1 Å². The summed E-state index contributed by atoms with van der Waals surface area (Å²) in [5.41, 5.74) is 2.35. The van der Waals surface area contributed by atoms with E-state index in [0.29, 0.717) is 13.2 Å². The van der Waals surface area contributed by atoms with Gasteiger partial charge in [0, 0.05) is 5.41 Å². The first-order valence-corrected chi connectivity index (χ1v) is 7.65. The highest BCUT2D eigenvalue weighted by Gasteiger charge is 2.23. The Morgan fingerprint density at radius 1 is 0.818 bits per heavy atom. The van der Waals surface area contributed by atoms with Gasteiger partial charge < -0.3 is 14.6 Å². The fourth-order valence-corrected chi connectivity index (χ4v) is 2.43. The predicted octanol–water partition coefficient (Wildman–Crippen LogP) is 3.78. The summed E-state index contributed by atoms with van der Waals surface area (Å²) >= 11 is 0. The van der Waals surface area contributed by atoms with E-state index in [0.717, 1.165) is 11.5 Å². The first-order valence-electron chi connectivity index (χ1n) is 7.65. The van der Waals surface area contributed by atoms with Gasteiger partial charge >= 0.3 is 0 Å². The summed E-state index contributed by atoms with van der Waals surface area (Å²) in [7, 11) is 0. The number of aliphatic hydroxyl groups excluding tert-OH is 1. The standard InChI is InChI=1S/C19H24O3/c1-4-21-17-9-5-15(6-10-17)19(2,3)16-7-11-18(12-8-16)22-14-13-20/h5-12,20H,4,13-14H2,1-3H3. The van der Waals surface area contributed by atoms with Crippen molar-refractivity contribution in [3.05, 3.63) is 59.7 Å². The van der Waals surface area contributed by atoms with Gasteiger partial charge in [-0.3, -0.25) is 0 Å². The van der Waals surface area contributed by atoms with E-state index in [4.69, 9.17) is 14.6 Å². The van der Waals surface area contributed by atoms with Gasteiger partial charge in [0.2, 0.25) is 0 Å². The highest BCUT2D eigenvalue weighted by atomic mass is 16.5. The van der Waals surface area contributed by atoms with Crippen molar-refractivity contribution in [3.63, 3.8) is 0 Å². The minimum Gasteiger partial charge on any atom is -0.494 e. The topological polar surface area (TPSA) is 38.7 Å². The Balaban J connectivity index is 2.17. The molecule has 0 unspecified atom stereocenters. The lowest BCUT2D eigenvalue weighted by Gasteiger charge is -2.26. The molecule has 0 radical (unpaired) electrons.